The number of aliphatic imine (C=N–C) groups is 1. The predicted octanol–water partition coefficient (Wildman–Crippen LogP) is -1.08. The molecule has 6 saturated heterocycles. The van der Waals surface area contributed by atoms with Crippen LogP contribution in [-0.4, -0.2) is 336 Å². The van der Waals surface area contributed by atoms with E-state index in [2.05, 4.69) is 62.4 Å². The van der Waals surface area contributed by atoms with E-state index in [0.717, 1.165) is 20.0 Å². The number of fused-ring (bicyclic) bond motifs is 2. The summed E-state index contributed by atoms with van der Waals surface area (Å²) in [5, 5.41) is 14.8. The minimum absolute atomic E-state index is 0.0527. The Bertz CT molecular complexity index is 6290. The van der Waals surface area contributed by atoms with Crippen LogP contribution in [0.15, 0.2) is 72.7 Å². The summed E-state index contributed by atoms with van der Waals surface area (Å²) in [4.78, 5) is 153. The average Bonchev–Trinajstić information content (AvgIpc) is 1.60. The Balaban J connectivity index is 0.758. The van der Waals surface area contributed by atoms with Gasteiger partial charge in [-0.25, -0.2) is 48.7 Å². The molecule has 0 radical (unpaired) electrons. The number of rotatable bonds is 52. The molecule has 0 amide bonds. The van der Waals surface area contributed by atoms with Gasteiger partial charge in [-0.1, -0.05) is 19.2 Å². The van der Waals surface area contributed by atoms with Gasteiger partial charge in [-0.05, 0) is 81.3 Å². The minimum Gasteiger partial charge on any atom is -0.387 e. The van der Waals surface area contributed by atoms with Gasteiger partial charge in [-0.2, -0.15) is 15.0 Å². The van der Waals surface area contributed by atoms with Crippen molar-refractivity contribution in [3.8, 4) is 0 Å². The van der Waals surface area contributed by atoms with E-state index >= 15 is 4.57 Å². The lowest BCUT2D eigenvalue weighted by Gasteiger charge is -2.31. The molecule has 59 nitrogen and oxygen atoms in total. The van der Waals surface area contributed by atoms with Crippen molar-refractivity contribution in [1.82, 2.24) is 67.3 Å². The number of aliphatic hydroxyl groups is 1. The second-order valence-corrected chi connectivity index (χ2v) is 47.5. The molecule has 7 aromatic rings. The summed E-state index contributed by atoms with van der Waals surface area (Å²) < 4.78 is 183. The third-order valence-corrected chi connectivity index (χ3v) is 31.6. The van der Waals surface area contributed by atoms with Crippen LogP contribution in [0.3, 0.4) is 0 Å². The quantitative estimate of drug-likeness (QED) is 0.0123. The first-order chi connectivity index (χ1) is 68.9. The van der Waals surface area contributed by atoms with Gasteiger partial charge < -0.3 is 163 Å². The predicted molar refractivity (Wildman–Crippen MR) is 522 cm³/mol. The summed E-state index contributed by atoms with van der Waals surface area (Å²) >= 11 is 27.7. The Kier molecular flexibility index (Phi) is 38.9. The second kappa shape index (κ2) is 49.5. The van der Waals surface area contributed by atoms with Gasteiger partial charge in [0.1, 0.15) is 145 Å². The molecular weight excluding hydrogens is 2130 g/mol. The molecule has 6 fully saturated rings. The number of hydrogen-bond donors (Lipinski definition) is 14. The number of imidazole rings is 2. The van der Waals surface area contributed by atoms with E-state index in [1.54, 1.807) is 20.8 Å². The van der Waals surface area contributed by atoms with Crippen LogP contribution in [-0.2, 0) is 173 Å². The molecule has 145 heavy (non-hydrogen) atoms. The van der Waals surface area contributed by atoms with Crippen molar-refractivity contribution >= 4 is 139 Å². The molecule has 0 bridgehead atoms. The summed E-state index contributed by atoms with van der Waals surface area (Å²) in [7, 11) is 6.93. The number of nitrogens with two attached hydrogens (primary N) is 6. The number of nitrogen functional groups attached to an aromatic ring is 4. The normalized spacial score (nSPS) is 30.0. The van der Waals surface area contributed by atoms with Gasteiger partial charge in [-0.15, -0.1) is 0 Å². The summed E-state index contributed by atoms with van der Waals surface area (Å²) in [6, 6.07) is 0. The Hall–Kier alpha value is -6.55. The standard InChI is InChI=1S/C76H115N22O37P5S5/c1-11-39-40(22-46(125-39)93-26-38(5)66(100)92-76(93)104)131-136(105,141)121-28-44-53(58(119-21-16-114-10)71(130-44)98-34-86-48-63(81)87-72(82)91-65(48)98)135-140(109,145)123-30-43-51(56(117-19-14-112-8)69(128-43)96-25-37(4)61(79)90-75(96)103)133-138(107,143)124-31-45-52(57(118-20-15-113-9)70(129-45)97-33-85-47-62(80)83-32-84-64(47)97)134-139(108,144)122-29-42-50(55(116-18-13-111-7)68(127-42)95-24-36(3)60(78)89-74(95)102)132-137(106,142)120-27-41-49(99)54(115-17-12-110-6)67(126-41)94-23-35(2)59(77)88-73(94)101/h23-26,32-34,39-46,49-58,63,67-71,99H,11-22,27-31,81H2,1-10H3,(H,105,141)(H,106,142)(H,107,143)(H,108,144)(H,109,145)(H2,77,88,101)(H2,78,89,102)(H2,79,90,103)(H2,80,83,84)(H3,82,87,91)(H,92,100,104)/t39-,40?,41-,42-,43-,44-,45-,46-,49?,50?,51?,52?,53?,54+,55+,56+,57+,58+,63?,67-,68-,69-,70-,71-,136?,137?,138?,139?,140?/m1/s1. The van der Waals surface area contributed by atoms with E-state index in [9.17, 15) is 48.7 Å². The van der Waals surface area contributed by atoms with Crippen LogP contribution in [0, 0.1) is 27.7 Å². The lowest BCUT2D eigenvalue weighted by atomic mass is 10.1. The molecule has 0 aliphatic carbocycles. The number of guanidine groups is 1. The van der Waals surface area contributed by atoms with Gasteiger partial charge in [0.05, 0.1) is 124 Å². The Morgan fingerprint density at radius 3 is 1.26 bits per heavy atom. The molecule has 7 aromatic heterocycles. The van der Waals surface area contributed by atoms with Crippen molar-refractivity contribution in [3.05, 3.63) is 124 Å². The fraction of sp³-hybridized carbons (Fsp3) is 0.671. The molecule has 29 atom stereocenters. The van der Waals surface area contributed by atoms with Gasteiger partial charge in [0.2, 0.25) is 0 Å². The summed E-state index contributed by atoms with van der Waals surface area (Å²) in [5.41, 5.74) is 34.4. The van der Waals surface area contributed by atoms with Crippen LogP contribution >= 0.6 is 45.9 Å². The maximum atomic E-state index is 15.7. The van der Waals surface area contributed by atoms with E-state index in [1.807, 2.05) is 0 Å². The first kappa shape index (κ1) is 114. The number of aromatic amines is 1. The lowest BCUT2D eigenvalue weighted by molar-refractivity contribution is -0.0836. The first-order valence-corrected chi connectivity index (χ1v) is 57.6. The Labute approximate surface area is 850 Å². The van der Waals surface area contributed by atoms with E-state index in [1.165, 1.54) is 101 Å². The van der Waals surface area contributed by atoms with Crippen molar-refractivity contribution < 1.29 is 150 Å². The number of nitrogens with zero attached hydrogens (tertiary/aromatic N) is 14. The van der Waals surface area contributed by atoms with Gasteiger partial charge in [-0.3, -0.25) is 59.8 Å². The monoisotopic (exact) mass is 2240 g/mol. The van der Waals surface area contributed by atoms with E-state index in [-0.39, 0.29) is 148 Å². The van der Waals surface area contributed by atoms with Crippen molar-refractivity contribution in [1.29, 1.82) is 0 Å². The maximum absolute atomic E-state index is 15.7. The Morgan fingerprint density at radius 1 is 0.448 bits per heavy atom. The molecule has 0 aromatic carbocycles. The molecular formula is C76H115N22O37P5S5. The highest BCUT2D eigenvalue weighted by atomic mass is 32.7. The van der Waals surface area contributed by atoms with Crippen LogP contribution in [0.4, 0.5) is 29.1 Å². The van der Waals surface area contributed by atoms with Crippen molar-refractivity contribution in [3.63, 3.8) is 0 Å². The molecule has 69 heteroatoms. The third kappa shape index (κ3) is 27.4. The zero-order chi connectivity index (χ0) is 105. The molecule has 19 N–H and O–H groups in total. The van der Waals surface area contributed by atoms with Crippen LogP contribution in [0.2, 0.25) is 0 Å². The summed E-state index contributed by atoms with van der Waals surface area (Å²) in [6.45, 7) is -22.1. The molecule has 0 spiro atoms. The smallest absolute Gasteiger partial charge is 0.386 e. The third-order valence-electron chi connectivity index (χ3n) is 23.7. The van der Waals surface area contributed by atoms with Gasteiger partial charge in [0.25, 0.3) is 5.56 Å². The maximum Gasteiger partial charge on any atom is 0.386 e. The van der Waals surface area contributed by atoms with Crippen LogP contribution < -0.4 is 68.0 Å². The van der Waals surface area contributed by atoms with Gasteiger partial charge in [0.15, 0.2) is 48.6 Å². The Morgan fingerprint density at radius 2 is 0.821 bits per heavy atom. The second-order valence-electron chi connectivity index (χ2n) is 33.5. The number of methoxy groups -OCH3 is 5. The average molecular weight is 2240 g/mol. The zero-order valence-electron chi connectivity index (χ0n) is 79.3. The molecule has 14 heterocycles. The molecule has 14 rings (SSSR count). The molecule has 7 aliphatic heterocycles. The van der Waals surface area contributed by atoms with Crippen molar-refractivity contribution in [2.24, 2.45) is 16.5 Å². The van der Waals surface area contributed by atoms with Gasteiger partial charge >= 0.3 is 56.4 Å². The number of aromatic nitrogens is 14. The van der Waals surface area contributed by atoms with Gasteiger partial charge in [0, 0.05) is 89.0 Å². The van der Waals surface area contributed by atoms with Crippen LogP contribution in [0.1, 0.15) is 91.2 Å². The first-order valence-electron chi connectivity index (χ1n) is 44.5. The van der Waals surface area contributed by atoms with Crippen LogP contribution in [0.25, 0.3) is 11.2 Å². The number of ether oxygens (including phenoxy) is 16. The lowest BCUT2D eigenvalue weighted by Crippen LogP contribution is -2.41. The number of aliphatic hydroxyl groups excluding tert-OH is 1. The largest absolute Gasteiger partial charge is 0.387 e. The van der Waals surface area contributed by atoms with Crippen molar-refractivity contribution in [2.75, 3.05) is 163 Å². The summed E-state index contributed by atoms with van der Waals surface area (Å²) in [5.74, 6) is -0.416. The molecule has 0 saturated carbocycles. The van der Waals surface area contributed by atoms with E-state index < -0.39 is 242 Å². The molecule has 806 valence electrons. The minimum atomic E-state index is -5.06. The van der Waals surface area contributed by atoms with E-state index in [4.69, 9.17) is 203 Å². The highest BCUT2D eigenvalue weighted by Gasteiger charge is 2.58. The molecule has 12 unspecified atom stereocenters. The fourth-order valence-electron chi connectivity index (χ4n) is 16.6. The number of aryl methyl sites for hydroxylation is 4. The number of H-pyrrole nitrogens is 1. The van der Waals surface area contributed by atoms with Crippen molar-refractivity contribution in [2.45, 2.75) is 195 Å². The number of thiol groups is 1. The topological polar surface area (TPSA) is 760 Å². The van der Waals surface area contributed by atoms with E-state index in [0.29, 0.717) is 5.56 Å². The zero-order valence-corrected chi connectivity index (χ0v) is 87.9. The number of nitrogens with one attached hydrogen (secondary N) is 2. The summed E-state index contributed by atoms with van der Waals surface area (Å²) in [6.07, 6.45) is -26.1. The number of hydrogen-bond acceptors (Lipinski definition) is 52. The highest BCUT2D eigenvalue weighted by molar-refractivity contribution is 8.44. The highest BCUT2D eigenvalue weighted by Crippen LogP contribution is 2.60. The SMILES string of the molecule is CC[C@H]1O[C@@H](n2cc(C)c(=O)[nH]c2=O)CC1OP(O)(=S)OC[C@H]1O[C@@H](n2cnc3c2NC(N)=NC3N)[C@@H](OCCOC)C1OP(=O)(S)OC[C@H]1O[C@@H](n2cc(C)c(N)nc2=O)[C@@H](OCCOC)C1OP(O)(=S)OC[C@H]1O[C@@H](n2cnc3c(N)ncnc32)[C@@H](OCCOC)C1OP(O)(=S)OC[C@H]1O[C@@H](n2cc(C)c(N)nc2=O)[C@@H](OCCOC)C1OP(O)(=S)OC[C@H]1O[C@@H](n2cc(C)c(N)nc2=O)[C@@H](OCCOC)C1O. The molecule has 7 aliphatic rings. The fourth-order valence-corrected chi connectivity index (χ4v) is 23.9. The van der Waals surface area contributed by atoms with Crippen LogP contribution in [0.5, 0.6) is 0 Å². The number of anilines is 5.